The summed E-state index contributed by atoms with van der Waals surface area (Å²) in [4.78, 5) is 30.1. The normalized spacial score (nSPS) is 29.4. The van der Waals surface area contributed by atoms with Crippen LogP contribution in [0, 0.1) is 17.8 Å². The molecule has 2 aliphatic heterocycles. The average molecular weight is 750 g/mol. The minimum atomic E-state index is -3.61. The summed E-state index contributed by atoms with van der Waals surface area (Å²) >= 11 is 6.46. The number of hydrogen-bond donors (Lipinski definition) is 1. The number of carbonyl (C=O) groups excluding carboxylic acids is 2. The molecule has 1 saturated carbocycles. The van der Waals surface area contributed by atoms with Gasteiger partial charge in [-0.1, -0.05) is 43.2 Å². The van der Waals surface area contributed by atoms with E-state index in [1.54, 1.807) is 20.2 Å². The van der Waals surface area contributed by atoms with E-state index in [9.17, 15) is 13.8 Å². The van der Waals surface area contributed by atoms with Gasteiger partial charge in [0, 0.05) is 49.4 Å². The molecule has 1 unspecified atom stereocenters. The van der Waals surface area contributed by atoms with E-state index in [1.807, 2.05) is 25.1 Å². The maximum absolute atomic E-state index is 14.7. The Hall–Kier alpha value is -3.87. The van der Waals surface area contributed by atoms with Gasteiger partial charge >= 0.3 is 0 Å². The second-order valence-electron chi connectivity index (χ2n) is 14.8. The third kappa shape index (κ3) is 7.21. The Morgan fingerprint density at radius 2 is 2.04 bits per heavy atom. The molecule has 2 aromatic carbocycles. The number of methoxy groups -OCH3 is 2. The molecule has 0 saturated heterocycles. The molecular formula is C39H48ClN5O6S. The highest BCUT2D eigenvalue weighted by atomic mass is 35.5. The molecule has 2 aliphatic carbocycles. The third-order valence-corrected chi connectivity index (χ3v) is 13.6. The number of benzene rings is 2. The standard InChI is InChI=1S/C39H48ClN5O6S/c1-5-25-8-6-10-34(49-3)30-14-11-28(30)20-45-23-39(17-7-9-26-18-29(40)13-15-32(26)39)24-51-35-16-12-27(19-33(35)45)36(46)42-52(48,22-25)43-37(47)31-21-44(2)41-38(31)50-4/h6,10,12-13,15-16,18-19,21,25,28,30,34H,5,7-9,11,14,17,20,22-24H2,1-4H3,(H,42,43,46,47,48)/b10-6+/t25-,28-,30+,34-,39-,52?/m0/s1. The van der Waals surface area contributed by atoms with Gasteiger partial charge in [-0.15, -0.1) is 9.46 Å². The van der Waals surface area contributed by atoms with Crippen LogP contribution < -0.4 is 19.1 Å². The number of nitrogens with zero attached hydrogens (tertiary/aromatic N) is 4. The molecular weight excluding hydrogens is 702 g/mol. The Morgan fingerprint density at radius 3 is 2.79 bits per heavy atom. The Bertz CT molecular complexity index is 2010. The molecule has 0 radical (unpaired) electrons. The van der Waals surface area contributed by atoms with E-state index < -0.39 is 21.7 Å². The van der Waals surface area contributed by atoms with Crippen molar-refractivity contribution < 1.29 is 28.0 Å². The van der Waals surface area contributed by atoms with E-state index in [2.05, 4.69) is 43.4 Å². The SMILES string of the molecule is CC[C@H]1C/C=C/[C@H](OC)[C@@H]2CC[C@H]2CN2C[C@@]3(CCCc4cc(Cl)ccc43)COc3ccc(cc32)C(=O)N=S(=O)(NC(=O)c2cn(C)nc2OC)C1. The van der Waals surface area contributed by atoms with Gasteiger partial charge in [0.1, 0.15) is 21.2 Å². The molecule has 3 heterocycles. The number of carbonyl (C=O) groups is 2. The maximum atomic E-state index is 14.7. The maximum Gasteiger partial charge on any atom is 0.286 e. The fourth-order valence-corrected chi connectivity index (χ4v) is 10.7. The van der Waals surface area contributed by atoms with Crippen LogP contribution in [0.3, 0.4) is 0 Å². The summed E-state index contributed by atoms with van der Waals surface area (Å²) in [7, 11) is 1.23. The van der Waals surface area contributed by atoms with Crippen LogP contribution in [0.4, 0.5) is 5.69 Å². The molecule has 13 heteroatoms. The van der Waals surface area contributed by atoms with Gasteiger partial charge in [0.2, 0.25) is 5.88 Å². The van der Waals surface area contributed by atoms with Crippen LogP contribution >= 0.6 is 11.6 Å². The topological polar surface area (TPSA) is 124 Å². The summed E-state index contributed by atoms with van der Waals surface area (Å²) in [6.45, 7) is 3.98. The average Bonchev–Trinajstić information content (AvgIpc) is 3.43. The Labute approximate surface area is 311 Å². The van der Waals surface area contributed by atoms with Crippen LogP contribution in [-0.2, 0) is 33.5 Å². The molecule has 2 amide bonds. The summed E-state index contributed by atoms with van der Waals surface area (Å²) in [5.41, 5.74) is 3.45. The number of allylic oxidation sites excluding steroid dienone is 1. The molecule has 2 bridgehead atoms. The molecule has 1 fully saturated rings. The van der Waals surface area contributed by atoms with Crippen molar-refractivity contribution in [3.8, 4) is 11.6 Å². The fraction of sp³-hybridized carbons (Fsp3) is 0.513. The first-order valence-electron chi connectivity index (χ1n) is 18.2. The minimum Gasteiger partial charge on any atom is -0.490 e. The summed E-state index contributed by atoms with van der Waals surface area (Å²) in [6, 6.07) is 11.5. The van der Waals surface area contributed by atoms with E-state index in [-0.39, 0.29) is 40.2 Å². The van der Waals surface area contributed by atoms with Gasteiger partial charge < -0.3 is 19.1 Å². The second kappa shape index (κ2) is 14.9. The first kappa shape index (κ1) is 36.5. The lowest BCUT2D eigenvalue weighted by atomic mass is 9.68. The van der Waals surface area contributed by atoms with Gasteiger partial charge in [0.25, 0.3) is 11.8 Å². The summed E-state index contributed by atoms with van der Waals surface area (Å²) < 4.78 is 41.1. The van der Waals surface area contributed by atoms with Gasteiger partial charge in [-0.2, -0.15) is 0 Å². The lowest BCUT2D eigenvalue weighted by Gasteiger charge is -2.46. The molecule has 52 heavy (non-hydrogen) atoms. The van der Waals surface area contributed by atoms with Crippen molar-refractivity contribution in [2.75, 3.05) is 44.6 Å². The summed E-state index contributed by atoms with van der Waals surface area (Å²) in [5.74, 6) is 0.00618. The van der Waals surface area contributed by atoms with E-state index >= 15 is 0 Å². The zero-order valence-corrected chi connectivity index (χ0v) is 31.9. The minimum absolute atomic E-state index is 0.0102. The first-order valence-corrected chi connectivity index (χ1v) is 20.3. The van der Waals surface area contributed by atoms with Crippen molar-refractivity contribution in [3.05, 3.63) is 82.0 Å². The molecule has 6 atom stereocenters. The van der Waals surface area contributed by atoms with Crippen LogP contribution in [0.25, 0.3) is 0 Å². The monoisotopic (exact) mass is 749 g/mol. The summed E-state index contributed by atoms with van der Waals surface area (Å²) in [6.07, 6.45) is 12.0. The van der Waals surface area contributed by atoms with Crippen molar-refractivity contribution in [2.24, 2.45) is 29.2 Å². The Kier molecular flexibility index (Phi) is 10.4. The predicted molar refractivity (Wildman–Crippen MR) is 202 cm³/mol. The van der Waals surface area contributed by atoms with Gasteiger partial charge in [-0.05, 0) is 97.7 Å². The third-order valence-electron chi connectivity index (χ3n) is 11.5. The van der Waals surface area contributed by atoms with E-state index in [1.165, 1.54) is 29.1 Å². The molecule has 1 spiro atoms. The van der Waals surface area contributed by atoms with Crippen molar-refractivity contribution in [3.63, 3.8) is 0 Å². The largest absolute Gasteiger partial charge is 0.490 e. The number of aromatic nitrogens is 2. The number of anilines is 1. The van der Waals surface area contributed by atoms with Gasteiger partial charge in [-0.25, -0.2) is 4.21 Å². The highest BCUT2D eigenvalue weighted by Crippen LogP contribution is 2.47. The Balaban J connectivity index is 1.31. The van der Waals surface area contributed by atoms with E-state index in [0.29, 0.717) is 43.6 Å². The quantitative estimate of drug-likeness (QED) is 0.292. The highest BCUT2D eigenvalue weighted by molar-refractivity contribution is 7.92. The van der Waals surface area contributed by atoms with Gasteiger partial charge in [-0.3, -0.25) is 19.0 Å². The molecule has 1 aromatic heterocycles. The van der Waals surface area contributed by atoms with Gasteiger partial charge in [0.05, 0.1) is 31.3 Å². The number of rotatable bonds is 5. The smallest absolute Gasteiger partial charge is 0.286 e. The number of amides is 2. The second-order valence-corrected chi connectivity index (χ2v) is 17.2. The number of halogens is 1. The molecule has 4 aliphatic rings. The van der Waals surface area contributed by atoms with Crippen molar-refractivity contribution in [2.45, 2.75) is 63.4 Å². The summed E-state index contributed by atoms with van der Waals surface area (Å²) in [5, 5.41) is 4.90. The van der Waals surface area contributed by atoms with Crippen molar-refractivity contribution in [1.82, 2.24) is 14.5 Å². The predicted octanol–water partition coefficient (Wildman–Crippen LogP) is 6.54. The lowest BCUT2D eigenvalue weighted by molar-refractivity contribution is 0.0131. The van der Waals surface area contributed by atoms with Crippen LogP contribution in [0.1, 0.15) is 77.3 Å². The van der Waals surface area contributed by atoms with Crippen LogP contribution in [0.15, 0.2) is 59.1 Å². The van der Waals surface area contributed by atoms with Crippen LogP contribution in [0.2, 0.25) is 5.02 Å². The first-order chi connectivity index (χ1) is 25.0. The molecule has 11 nitrogen and oxygen atoms in total. The molecule has 3 aromatic rings. The molecule has 1 N–H and O–H groups in total. The number of nitrogens with one attached hydrogen (secondary N) is 1. The highest BCUT2D eigenvalue weighted by Gasteiger charge is 2.44. The van der Waals surface area contributed by atoms with E-state index in [4.69, 9.17) is 25.8 Å². The lowest BCUT2D eigenvalue weighted by Crippen LogP contribution is -2.49. The van der Waals surface area contributed by atoms with Crippen LogP contribution in [0.5, 0.6) is 11.6 Å². The Morgan fingerprint density at radius 1 is 1.19 bits per heavy atom. The van der Waals surface area contributed by atoms with Crippen molar-refractivity contribution in [1.29, 1.82) is 0 Å². The number of ether oxygens (including phenoxy) is 3. The number of fused-ring (bicyclic) bond motifs is 4. The number of aryl methyl sites for hydroxylation is 2. The molecule has 7 rings (SSSR count). The molecule has 278 valence electrons. The zero-order valence-electron chi connectivity index (χ0n) is 30.3. The zero-order chi connectivity index (χ0) is 36.6. The van der Waals surface area contributed by atoms with Gasteiger partial charge in [0.15, 0.2) is 0 Å². The fourth-order valence-electron chi connectivity index (χ4n) is 8.52. The van der Waals surface area contributed by atoms with Crippen LogP contribution in [-0.4, -0.2) is 71.6 Å². The van der Waals surface area contributed by atoms with E-state index in [0.717, 1.165) is 49.4 Å². The van der Waals surface area contributed by atoms with Crippen molar-refractivity contribution >= 4 is 39.0 Å². The number of hydrogen-bond acceptors (Lipinski definition) is 8.